The van der Waals surface area contributed by atoms with Gasteiger partial charge in [0.25, 0.3) is 0 Å². The minimum absolute atomic E-state index is 0.0658. The van der Waals surface area contributed by atoms with Crippen LogP contribution < -0.4 is 4.74 Å². The molecule has 0 saturated heterocycles. The lowest BCUT2D eigenvalue weighted by Crippen LogP contribution is -2.10. The molecular formula is C16H18O4S. The van der Waals surface area contributed by atoms with E-state index in [0.717, 1.165) is 17.4 Å². The highest BCUT2D eigenvalue weighted by Crippen LogP contribution is 2.20. The monoisotopic (exact) mass is 306 g/mol. The van der Waals surface area contributed by atoms with Gasteiger partial charge in [0.05, 0.1) is 4.90 Å². The first kappa shape index (κ1) is 15.5. The van der Waals surface area contributed by atoms with Gasteiger partial charge in [0.15, 0.2) is 9.84 Å². The minimum atomic E-state index is -3.26. The van der Waals surface area contributed by atoms with Crippen LogP contribution in [0.25, 0.3) is 0 Å². The van der Waals surface area contributed by atoms with Crippen LogP contribution in [-0.4, -0.2) is 26.4 Å². The molecule has 0 aliphatic heterocycles. The summed E-state index contributed by atoms with van der Waals surface area (Å²) in [7, 11) is -3.26. The molecule has 112 valence electrons. The fourth-order valence-electron chi connectivity index (χ4n) is 1.85. The summed E-state index contributed by atoms with van der Waals surface area (Å²) in [6.45, 7) is 2.04. The smallest absolute Gasteiger partial charge is 0.175 e. The molecule has 1 N–H and O–H groups in total. The lowest BCUT2D eigenvalue weighted by atomic mass is 10.1. The van der Waals surface area contributed by atoms with Crippen molar-refractivity contribution in [1.82, 2.24) is 0 Å². The van der Waals surface area contributed by atoms with E-state index in [0.29, 0.717) is 5.75 Å². The van der Waals surface area contributed by atoms with Gasteiger partial charge in [0.2, 0.25) is 0 Å². The fourth-order valence-corrected chi connectivity index (χ4v) is 2.51. The van der Waals surface area contributed by atoms with Crippen molar-refractivity contribution in [2.75, 3.05) is 12.9 Å². The molecular weight excluding hydrogens is 288 g/mol. The van der Waals surface area contributed by atoms with Crippen LogP contribution in [0.3, 0.4) is 0 Å². The van der Waals surface area contributed by atoms with E-state index >= 15 is 0 Å². The molecule has 21 heavy (non-hydrogen) atoms. The van der Waals surface area contributed by atoms with Crippen molar-refractivity contribution >= 4 is 9.84 Å². The van der Waals surface area contributed by atoms with E-state index in [9.17, 15) is 13.5 Å². The van der Waals surface area contributed by atoms with Crippen molar-refractivity contribution in [3.05, 3.63) is 59.7 Å². The molecule has 4 nitrogen and oxygen atoms in total. The summed E-state index contributed by atoms with van der Waals surface area (Å²) < 4.78 is 28.4. The van der Waals surface area contributed by atoms with E-state index in [-0.39, 0.29) is 11.5 Å². The molecule has 0 aromatic heterocycles. The maximum Gasteiger partial charge on any atom is 0.175 e. The molecule has 5 heteroatoms. The molecule has 0 saturated carbocycles. The molecule has 0 heterocycles. The predicted molar refractivity (Wildman–Crippen MR) is 81.2 cm³/mol. The molecule has 0 radical (unpaired) electrons. The summed E-state index contributed by atoms with van der Waals surface area (Å²) in [6, 6.07) is 13.8. The Labute approximate surface area is 124 Å². The fraction of sp³-hybridized carbons (Fsp3) is 0.250. The Kier molecular flexibility index (Phi) is 4.65. The number of aryl methyl sites for hydroxylation is 1. The first-order valence-electron chi connectivity index (χ1n) is 6.54. The van der Waals surface area contributed by atoms with Crippen molar-refractivity contribution < 1.29 is 18.3 Å². The van der Waals surface area contributed by atoms with E-state index in [1.165, 1.54) is 12.1 Å². The number of aliphatic hydroxyl groups excluding tert-OH is 1. The minimum Gasteiger partial charge on any atom is -0.490 e. The van der Waals surface area contributed by atoms with E-state index in [2.05, 4.69) is 0 Å². The Balaban J connectivity index is 2.04. The summed E-state index contributed by atoms with van der Waals surface area (Å²) in [5, 5.41) is 10.1. The van der Waals surface area contributed by atoms with Crippen molar-refractivity contribution in [1.29, 1.82) is 0 Å². The zero-order valence-electron chi connectivity index (χ0n) is 12.0. The Morgan fingerprint density at radius 3 is 2.43 bits per heavy atom. The molecule has 0 aliphatic carbocycles. The standard InChI is InChI=1S/C16H18O4S/c1-12-6-8-13(9-7-12)16(17)11-20-14-4-3-5-15(10-14)21(2,18)19/h3-10,16-17H,11H2,1-2H3. The Bertz CT molecular complexity index is 705. The average molecular weight is 306 g/mol. The van der Waals surface area contributed by atoms with Crippen LogP contribution in [0.5, 0.6) is 5.75 Å². The molecule has 0 spiro atoms. The van der Waals surface area contributed by atoms with Crippen LogP contribution in [-0.2, 0) is 9.84 Å². The van der Waals surface area contributed by atoms with Crippen LogP contribution >= 0.6 is 0 Å². The van der Waals surface area contributed by atoms with Gasteiger partial charge in [-0.05, 0) is 30.7 Å². The number of aliphatic hydroxyl groups is 1. The Morgan fingerprint density at radius 2 is 1.81 bits per heavy atom. The Hall–Kier alpha value is -1.85. The lowest BCUT2D eigenvalue weighted by Gasteiger charge is -2.13. The van der Waals surface area contributed by atoms with Crippen molar-refractivity contribution in [2.24, 2.45) is 0 Å². The van der Waals surface area contributed by atoms with Crippen LogP contribution in [0.4, 0.5) is 0 Å². The summed E-state index contributed by atoms with van der Waals surface area (Å²) >= 11 is 0. The summed E-state index contributed by atoms with van der Waals surface area (Å²) in [6.07, 6.45) is 0.389. The van der Waals surface area contributed by atoms with Gasteiger partial charge >= 0.3 is 0 Å². The number of rotatable bonds is 5. The number of sulfone groups is 1. The third kappa shape index (κ3) is 4.31. The normalized spacial score (nSPS) is 12.9. The van der Waals surface area contributed by atoms with Gasteiger partial charge < -0.3 is 9.84 Å². The van der Waals surface area contributed by atoms with Crippen LogP contribution in [0.1, 0.15) is 17.2 Å². The number of hydrogen-bond donors (Lipinski definition) is 1. The first-order chi connectivity index (χ1) is 9.86. The maximum atomic E-state index is 11.5. The molecule has 2 aromatic carbocycles. The molecule has 1 unspecified atom stereocenters. The van der Waals surface area contributed by atoms with Gasteiger partial charge in [-0.25, -0.2) is 8.42 Å². The lowest BCUT2D eigenvalue weighted by molar-refractivity contribution is 0.108. The zero-order valence-corrected chi connectivity index (χ0v) is 12.8. The van der Waals surface area contributed by atoms with Gasteiger partial charge in [0.1, 0.15) is 18.5 Å². The van der Waals surface area contributed by atoms with Crippen molar-refractivity contribution in [3.63, 3.8) is 0 Å². The molecule has 2 rings (SSSR count). The van der Waals surface area contributed by atoms with Crippen LogP contribution in [0, 0.1) is 6.92 Å². The van der Waals surface area contributed by atoms with E-state index in [1.54, 1.807) is 12.1 Å². The third-order valence-corrected chi connectivity index (χ3v) is 4.21. The number of hydrogen-bond acceptors (Lipinski definition) is 4. The molecule has 0 bridgehead atoms. The van der Waals surface area contributed by atoms with Gasteiger partial charge in [-0.1, -0.05) is 35.9 Å². The molecule has 1 atom stereocenters. The zero-order chi connectivity index (χ0) is 15.5. The third-order valence-electron chi connectivity index (χ3n) is 3.10. The second-order valence-electron chi connectivity index (χ2n) is 4.98. The highest BCUT2D eigenvalue weighted by molar-refractivity contribution is 7.90. The molecule has 0 amide bonds. The SMILES string of the molecule is Cc1ccc(C(O)COc2cccc(S(C)(=O)=O)c2)cc1. The first-order valence-corrected chi connectivity index (χ1v) is 8.43. The average Bonchev–Trinajstić information content (AvgIpc) is 2.45. The largest absolute Gasteiger partial charge is 0.490 e. The van der Waals surface area contributed by atoms with Crippen LogP contribution in [0.2, 0.25) is 0 Å². The highest BCUT2D eigenvalue weighted by atomic mass is 32.2. The maximum absolute atomic E-state index is 11.5. The number of benzene rings is 2. The van der Waals surface area contributed by atoms with Gasteiger partial charge in [-0.15, -0.1) is 0 Å². The Morgan fingerprint density at radius 1 is 1.14 bits per heavy atom. The van der Waals surface area contributed by atoms with E-state index in [4.69, 9.17) is 4.74 Å². The molecule has 0 aliphatic rings. The van der Waals surface area contributed by atoms with E-state index < -0.39 is 15.9 Å². The second-order valence-corrected chi connectivity index (χ2v) is 7.00. The second kappa shape index (κ2) is 6.28. The van der Waals surface area contributed by atoms with Gasteiger partial charge in [-0.3, -0.25) is 0 Å². The highest BCUT2D eigenvalue weighted by Gasteiger charge is 2.11. The topological polar surface area (TPSA) is 63.6 Å². The van der Waals surface area contributed by atoms with Crippen LogP contribution in [0.15, 0.2) is 53.4 Å². The quantitative estimate of drug-likeness (QED) is 0.922. The summed E-state index contributed by atoms with van der Waals surface area (Å²) in [4.78, 5) is 0.199. The molecule has 0 fully saturated rings. The van der Waals surface area contributed by atoms with Gasteiger partial charge in [0, 0.05) is 6.26 Å². The predicted octanol–water partition coefficient (Wildman–Crippen LogP) is 2.51. The van der Waals surface area contributed by atoms with E-state index in [1.807, 2.05) is 31.2 Å². The summed E-state index contributed by atoms with van der Waals surface area (Å²) in [5.41, 5.74) is 1.88. The summed E-state index contributed by atoms with van der Waals surface area (Å²) in [5.74, 6) is 0.420. The van der Waals surface area contributed by atoms with Crippen molar-refractivity contribution in [2.45, 2.75) is 17.9 Å². The molecule has 2 aromatic rings. The van der Waals surface area contributed by atoms with Crippen molar-refractivity contribution in [3.8, 4) is 5.75 Å². The number of ether oxygens (including phenoxy) is 1. The van der Waals surface area contributed by atoms with Gasteiger partial charge in [-0.2, -0.15) is 0 Å².